The molecule has 0 bridgehead atoms. The molecule has 2 fully saturated rings. The van der Waals surface area contributed by atoms with Crippen molar-refractivity contribution in [3.63, 3.8) is 0 Å². The molecule has 1 unspecified atom stereocenters. The summed E-state index contributed by atoms with van der Waals surface area (Å²) in [7, 11) is 0. The molecule has 34 heavy (non-hydrogen) atoms. The van der Waals surface area contributed by atoms with Gasteiger partial charge in [-0.25, -0.2) is 4.98 Å². The van der Waals surface area contributed by atoms with Gasteiger partial charge in [-0.1, -0.05) is 19.3 Å². The normalized spacial score (nSPS) is 20.6. The van der Waals surface area contributed by atoms with Crippen molar-refractivity contribution in [2.45, 2.75) is 82.6 Å². The number of carbonyl (C=O) groups excluding carboxylic acids is 1. The van der Waals surface area contributed by atoms with Crippen LogP contribution in [0, 0.1) is 0 Å². The van der Waals surface area contributed by atoms with Gasteiger partial charge in [0.1, 0.15) is 5.82 Å². The summed E-state index contributed by atoms with van der Waals surface area (Å²) in [6.45, 7) is 0.797. The lowest BCUT2D eigenvalue weighted by molar-refractivity contribution is -0.119. The van der Waals surface area contributed by atoms with Gasteiger partial charge in [-0.3, -0.25) is 15.0 Å². The second kappa shape index (κ2) is 9.19. The van der Waals surface area contributed by atoms with Crippen LogP contribution in [0.4, 0.5) is 17.6 Å². The van der Waals surface area contributed by atoms with Gasteiger partial charge >= 0.3 is 0 Å². The zero-order valence-corrected chi connectivity index (χ0v) is 19.5. The number of nitrogens with one attached hydrogen (secondary N) is 3. The lowest BCUT2D eigenvalue weighted by Crippen LogP contribution is -2.38. The lowest BCUT2D eigenvalue weighted by atomic mass is 9.87. The highest BCUT2D eigenvalue weighted by Crippen LogP contribution is 2.35. The van der Waals surface area contributed by atoms with Gasteiger partial charge in [0.25, 0.3) is 0 Å². The molecule has 1 saturated heterocycles. The maximum atomic E-state index is 13.1. The Hall–Kier alpha value is -3.23. The van der Waals surface area contributed by atoms with E-state index >= 15 is 0 Å². The first-order valence-electron chi connectivity index (χ1n) is 12.7. The van der Waals surface area contributed by atoms with Crippen molar-refractivity contribution in [3.8, 4) is 0 Å². The van der Waals surface area contributed by atoms with E-state index in [1.807, 2.05) is 6.07 Å². The SMILES string of the molecule is O=C(Cc1ccn[nH]1)C1CCCN1c1nc2c(c(Nc3cc(C4CCCCC4)[nH]n3)n1)CCC2. The number of rotatable bonds is 7. The minimum Gasteiger partial charge on any atom is -0.331 e. The lowest BCUT2D eigenvalue weighted by Gasteiger charge is -2.25. The largest absolute Gasteiger partial charge is 0.331 e. The van der Waals surface area contributed by atoms with Crippen LogP contribution in [0.1, 0.15) is 79.9 Å². The van der Waals surface area contributed by atoms with Gasteiger partial charge in [0.2, 0.25) is 5.95 Å². The number of aryl methyl sites for hydroxylation is 1. The fourth-order valence-electron chi connectivity index (χ4n) is 5.83. The number of ketones is 1. The molecular weight excluding hydrogens is 428 g/mol. The summed E-state index contributed by atoms with van der Waals surface area (Å²) in [6, 6.07) is 3.81. The zero-order valence-electron chi connectivity index (χ0n) is 19.5. The van der Waals surface area contributed by atoms with Crippen LogP contribution in [0.2, 0.25) is 0 Å². The molecule has 1 saturated carbocycles. The summed E-state index contributed by atoms with van der Waals surface area (Å²) in [6.07, 6.45) is 13.2. The monoisotopic (exact) mass is 460 g/mol. The van der Waals surface area contributed by atoms with Crippen LogP contribution < -0.4 is 10.2 Å². The molecule has 3 N–H and O–H groups in total. The van der Waals surface area contributed by atoms with Crippen LogP contribution in [0.5, 0.6) is 0 Å². The Morgan fingerprint density at radius 1 is 1.06 bits per heavy atom. The van der Waals surface area contributed by atoms with Crippen LogP contribution in [-0.2, 0) is 24.1 Å². The smallest absolute Gasteiger partial charge is 0.228 e. The van der Waals surface area contributed by atoms with Crippen molar-refractivity contribution in [1.29, 1.82) is 0 Å². The number of aromatic amines is 2. The molecule has 2 aliphatic carbocycles. The van der Waals surface area contributed by atoms with Crippen molar-refractivity contribution < 1.29 is 4.79 Å². The van der Waals surface area contributed by atoms with Crippen LogP contribution >= 0.6 is 0 Å². The first-order valence-corrected chi connectivity index (χ1v) is 12.7. The molecule has 178 valence electrons. The highest BCUT2D eigenvalue weighted by atomic mass is 16.1. The van der Waals surface area contributed by atoms with Crippen molar-refractivity contribution in [2.75, 3.05) is 16.8 Å². The Labute approximate surface area is 199 Å². The van der Waals surface area contributed by atoms with Gasteiger partial charge < -0.3 is 10.2 Å². The second-order valence-electron chi connectivity index (χ2n) is 9.90. The molecule has 0 amide bonds. The topological polar surface area (TPSA) is 115 Å². The highest BCUT2D eigenvalue weighted by molar-refractivity contribution is 5.89. The Morgan fingerprint density at radius 2 is 1.97 bits per heavy atom. The minimum absolute atomic E-state index is 0.185. The van der Waals surface area contributed by atoms with E-state index < -0.39 is 0 Å². The van der Waals surface area contributed by atoms with Crippen LogP contribution in [0.25, 0.3) is 0 Å². The van der Waals surface area contributed by atoms with E-state index in [-0.39, 0.29) is 11.8 Å². The van der Waals surface area contributed by atoms with Crippen molar-refractivity contribution in [1.82, 2.24) is 30.4 Å². The van der Waals surface area contributed by atoms with E-state index in [9.17, 15) is 4.79 Å². The minimum atomic E-state index is -0.195. The molecule has 4 heterocycles. The van der Waals surface area contributed by atoms with Gasteiger partial charge in [0, 0.05) is 41.7 Å². The molecule has 0 spiro atoms. The molecular formula is C25H32N8O. The molecule has 9 nitrogen and oxygen atoms in total. The maximum absolute atomic E-state index is 13.1. The molecule has 6 rings (SSSR count). The number of carbonyl (C=O) groups is 1. The van der Waals surface area contributed by atoms with E-state index in [1.54, 1.807) is 6.20 Å². The van der Waals surface area contributed by atoms with Gasteiger partial charge in [-0.2, -0.15) is 15.2 Å². The predicted molar refractivity (Wildman–Crippen MR) is 129 cm³/mol. The average Bonchev–Trinajstić information content (AvgIpc) is 3.67. The van der Waals surface area contributed by atoms with Crippen LogP contribution in [0.15, 0.2) is 18.3 Å². The Kier molecular flexibility index (Phi) is 5.76. The number of fused-ring (bicyclic) bond motifs is 1. The van der Waals surface area contributed by atoms with Crippen molar-refractivity contribution in [2.24, 2.45) is 0 Å². The zero-order chi connectivity index (χ0) is 22.9. The number of aromatic nitrogens is 6. The first-order chi connectivity index (χ1) is 16.7. The maximum Gasteiger partial charge on any atom is 0.228 e. The molecule has 1 atom stereocenters. The quantitative estimate of drug-likeness (QED) is 0.488. The summed E-state index contributed by atoms with van der Waals surface area (Å²) in [4.78, 5) is 25.1. The standard InChI is InChI=1S/C25H32N8O/c34-22(14-17-11-12-26-30-17)21-10-5-13-33(21)25-27-19-9-4-8-18(19)24(29-25)28-23-15-20(31-32-23)16-6-2-1-3-7-16/h11-12,15-16,21H,1-10,13-14H2,(H,26,30)(H2,27,28,29,31,32). The molecule has 3 aromatic rings. The van der Waals surface area contributed by atoms with Crippen molar-refractivity contribution in [3.05, 3.63) is 41.0 Å². The summed E-state index contributed by atoms with van der Waals surface area (Å²) < 4.78 is 0. The fraction of sp³-hybridized carbons (Fsp3) is 0.560. The van der Waals surface area contributed by atoms with E-state index in [0.717, 1.165) is 61.7 Å². The number of hydrogen-bond donors (Lipinski definition) is 3. The van der Waals surface area contributed by atoms with Gasteiger partial charge in [0.15, 0.2) is 11.6 Å². The molecule has 0 aromatic carbocycles. The summed E-state index contributed by atoms with van der Waals surface area (Å²) in [5.74, 6) is 3.07. The molecule has 3 aliphatic rings. The Bertz CT molecular complexity index is 1150. The van der Waals surface area contributed by atoms with Gasteiger partial charge in [-0.05, 0) is 51.0 Å². The molecule has 3 aromatic heterocycles. The van der Waals surface area contributed by atoms with E-state index in [4.69, 9.17) is 9.97 Å². The van der Waals surface area contributed by atoms with Gasteiger partial charge in [-0.15, -0.1) is 0 Å². The predicted octanol–water partition coefficient (Wildman–Crippen LogP) is 3.98. The van der Waals surface area contributed by atoms with Crippen LogP contribution in [-0.4, -0.2) is 48.7 Å². The summed E-state index contributed by atoms with van der Waals surface area (Å²) >= 11 is 0. The Balaban J connectivity index is 1.24. The second-order valence-corrected chi connectivity index (χ2v) is 9.90. The third-order valence-corrected chi connectivity index (χ3v) is 7.61. The van der Waals surface area contributed by atoms with Gasteiger partial charge in [0.05, 0.1) is 18.2 Å². The van der Waals surface area contributed by atoms with E-state index in [0.29, 0.717) is 18.3 Å². The number of hydrogen-bond acceptors (Lipinski definition) is 7. The summed E-state index contributed by atoms with van der Waals surface area (Å²) in [5.41, 5.74) is 4.35. The number of H-pyrrole nitrogens is 2. The summed E-state index contributed by atoms with van der Waals surface area (Å²) in [5, 5.41) is 18.2. The number of nitrogens with zero attached hydrogens (tertiary/aromatic N) is 5. The van der Waals surface area contributed by atoms with E-state index in [2.05, 4.69) is 36.7 Å². The van der Waals surface area contributed by atoms with E-state index in [1.165, 1.54) is 43.4 Å². The Morgan fingerprint density at radius 3 is 2.82 bits per heavy atom. The number of Topliss-reactive ketones (excluding diaryl/α,β-unsaturated/α-hetero) is 1. The molecule has 0 radical (unpaired) electrons. The number of anilines is 3. The third kappa shape index (κ3) is 4.19. The average molecular weight is 461 g/mol. The first kappa shape index (κ1) is 21.3. The van der Waals surface area contributed by atoms with Crippen molar-refractivity contribution >= 4 is 23.4 Å². The fourth-order valence-corrected chi connectivity index (χ4v) is 5.83. The van der Waals surface area contributed by atoms with Crippen LogP contribution in [0.3, 0.4) is 0 Å². The highest BCUT2D eigenvalue weighted by Gasteiger charge is 2.34. The molecule has 1 aliphatic heterocycles. The third-order valence-electron chi connectivity index (χ3n) is 7.61. The molecule has 9 heteroatoms.